The van der Waals surface area contributed by atoms with Crippen molar-refractivity contribution in [2.24, 2.45) is 0 Å². The van der Waals surface area contributed by atoms with Crippen molar-refractivity contribution in [3.8, 4) is 0 Å². The van der Waals surface area contributed by atoms with E-state index in [4.69, 9.17) is 17.0 Å². The summed E-state index contributed by atoms with van der Waals surface area (Å²) in [4.78, 5) is 2.87. The molecule has 2 nitrogen and oxygen atoms in total. The first-order valence-electron chi connectivity index (χ1n) is 3.52. The van der Waals surface area contributed by atoms with Gasteiger partial charge in [-0.15, -0.1) is 0 Å². The Bertz CT molecular complexity index is 389. The van der Waals surface area contributed by atoms with E-state index in [9.17, 15) is 21.7 Å². The van der Waals surface area contributed by atoms with Gasteiger partial charge < -0.3 is 17.3 Å². The lowest BCUT2D eigenvalue weighted by molar-refractivity contribution is 0.368. The third-order valence-corrected chi connectivity index (χ3v) is 1.97. The van der Waals surface area contributed by atoms with Crippen LogP contribution in [-0.2, 0) is 0 Å². The van der Waals surface area contributed by atoms with Crippen molar-refractivity contribution in [3.63, 3.8) is 0 Å². The second-order valence-electron chi connectivity index (χ2n) is 2.31. The molecule has 0 atom stereocenters. The van der Waals surface area contributed by atoms with Crippen LogP contribution in [0.4, 0.5) is 27.3 Å². The molecule has 0 spiro atoms. The summed E-state index contributed by atoms with van der Waals surface area (Å²) < 4.78 is 51.8. The Hall–Kier alpha value is -0.875. The molecule has 0 N–H and O–H groups in total. The summed E-state index contributed by atoms with van der Waals surface area (Å²) in [5.74, 6) is -0.478. The molecule has 1 aromatic rings. The number of halogens is 7. The third kappa shape index (κ3) is 6.58. The van der Waals surface area contributed by atoms with Crippen LogP contribution in [0.5, 0.6) is 0 Å². The third-order valence-electron chi connectivity index (χ3n) is 1.08. The molecule has 0 saturated carbocycles. The average Bonchev–Trinajstić information content (AvgIpc) is 1.99. The molecule has 0 radical (unpaired) electrons. The number of rotatable bonds is 0. The van der Waals surface area contributed by atoms with E-state index in [0.29, 0.717) is 4.47 Å². The van der Waals surface area contributed by atoms with Gasteiger partial charge in [0.25, 0.3) is 0 Å². The van der Waals surface area contributed by atoms with E-state index in [1.165, 1.54) is 6.07 Å². The van der Waals surface area contributed by atoms with Crippen molar-refractivity contribution >= 4 is 40.5 Å². The van der Waals surface area contributed by atoms with Crippen LogP contribution in [0.15, 0.2) is 16.6 Å². The average molecular weight is 323 g/mol. The first-order valence-corrected chi connectivity index (χ1v) is 4.69. The number of benzene rings is 1. The lowest BCUT2D eigenvalue weighted by atomic mass is 10.3. The van der Waals surface area contributed by atoms with E-state index < -0.39 is 13.1 Å². The fraction of sp³-hybridized carbons (Fsp3) is 0. The summed E-state index contributed by atoms with van der Waals surface area (Å²) in [6.45, 7) is 0. The summed E-state index contributed by atoms with van der Waals surface area (Å²) in [6, 6.07) is 2.24. The van der Waals surface area contributed by atoms with Crippen LogP contribution in [0.1, 0.15) is 0 Å². The SMILES string of the molecule is F[B-](F)(F)F.N#[N+]c1c(Cl)cc(F)cc1Br. The summed E-state index contributed by atoms with van der Waals surface area (Å²) in [6.07, 6.45) is 0. The van der Waals surface area contributed by atoms with E-state index in [2.05, 4.69) is 20.9 Å². The van der Waals surface area contributed by atoms with Gasteiger partial charge in [0.2, 0.25) is 5.39 Å². The normalized spacial score (nSPS) is 10.1. The Kier molecular flexibility index (Phi) is 5.68. The Morgan fingerprint density at radius 2 is 1.69 bits per heavy atom. The highest BCUT2D eigenvalue weighted by Crippen LogP contribution is 2.33. The van der Waals surface area contributed by atoms with Gasteiger partial charge in [-0.1, -0.05) is 11.6 Å². The molecule has 0 aliphatic heterocycles. The van der Waals surface area contributed by atoms with Gasteiger partial charge in [0.05, 0.1) is 0 Å². The Labute approximate surface area is 100 Å². The molecular weight excluding hydrogens is 321 g/mol. The zero-order valence-electron chi connectivity index (χ0n) is 7.27. The van der Waals surface area contributed by atoms with Crippen LogP contribution in [0, 0.1) is 11.2 Å². The van der Waals surface area contributed by atoms with Gasteiger partial charge in [0.15, 0.2) is 4.98 Å². The lowest BCUT2D eigenvalue weighted by Crippen LogP contribution is -2.02. The topological polar surface area (TPSA) is 28.1 Å². The monoisotopic (exact) mass is 322 g/mol. The van der Waals surface area contributed by atoms with E-state index in [1.54, 1.807) is 0 Å². The van der Waals surface area contributed by atoms with Crippen molar-refractivity contribution in [2.45, 2.75) is 0 Å². The molecule has 0 unspecified atom stereocenters. The number of hydrogen-bond acceptors (Lipinski definition) is 1. The van der Waals surface area contributed by atoms with E-state index in [0.717, 1.165) is 6.07 Å². The maximum absolute atomic E-state index is 12.5. The van der Waals surface area contributed by atoms with Crippen LogP contribution in [0.25, 0.3) is 4.98 Å². The van der Waals surface area contributed by atoms with Crippen LogP contribution in [0.3, 0.4) is 0 Å². The largest absolute Gasteiger partial charge is 0.673 e. The molecule has 10 heteroatoms. The maximum atomic E-state index is 12.5. The van der Waals surface area contributed by atoms with Gasteiger partial charge >= 0.3 is 12.9 Å². The first kappa shape index (κ1) is 15.1. The fourth-order valence-electron chi connectivity index (χ4n) is 0.630. The van der Waals surface area contributed by atoms with Gasteiger partial charge in [-0.2, -0.15) is 0 Å². The van der Waals surface area contributed by atoms with Gasteiger partial charge in [-0.05, 0) is 22.0 Å². The summed E-state index contributed by atoms with van der Waals surface area (Å²) in [5.41, 5.74) is 0.132. The first-order chi connectivity index (χ1) is 7.15. The Balaban J connectivity index is 0.000000385. The minimum Gasteiger partial charge on any atom is -0.418 e. The second-order valence-corrected chi connectivity index (χ2v) is 3.57. The highest BCUT2D eigenvalue weighted by Gasteiger charge is 2.20. The van der Waals surface area contributed by atoms with Gasteiger partial charge in [-0.3, -0.25) is 0 Å². The molecule has 1 rings (SSSR count). The van der Waals surface area contributed by atoms with E-state index in [-0.39, 0.29) is 10.7 Å². The predicted molar refractivity (Wildman–Crippen MR) is 54.0 cm³/mol. The van der Waals surface area contributed by atoms with Crippen LogP contribution in [0.2, 0.25) is 5.02 Å². The minimum atomic E-state index is -6.00. The van der Waals surface area contributed by atoms with Crippen molar-refractivity contribution in [3.05, 3.63) is 32.4 Å². The molecule has 0 bridgehead atoms. The van der Waals surface area contributed by atoms with Gasteiger partial charge in [-0.25, -0.2) is 4.39 Å². The van der Waals surface area contributed by atoms with Gasteiger partial charge in [0, 0.05) is 6.07 Å². The van der Waals surface area contributed by atoms with Crippen LogP contribution >= 0.6 is 27.5 Å². The molecule has 16 heavy (non-hydrogen) atoms. The van der Waals surface area contributed by atoms with Crippen molar-refractivity contribution in [1.29, 1.82) is 5.39 Å². The maximum Gasteiger partial charge on any atom is 0.673 e. The zero-order chi connectivity index (χ0) is 12.9. The van der Waals surface area contributed by atoms with Crippen molar-refractivity contribution in [2.75, 3.05) is 0 Å². The molecule has 0 aliphatic carbocycles. The number of nitrogens with zero attached hydrogens (tertiary/aromatic N) is 2. The highest BCUT2D eigenvalue weighted by molar-refractivity contribution is 9.10. The summed E-state index contributed by atoms with van der Waals surface area (Å²) in [5, 5.41) is 8.45. The number of hydrogen-bond donors (Lipinski definition) is 0. The molecule has 88 valence electrons. The predicted octanol–water partition coefficient (Wildman–Crippen LogP) is 5.03. The van der Waals surface area contributed by atoms with Crippen molar-refractivity contribution in [1.82, 2.24) is 0 Å². The van der Waals surface area contributed by atoms with E-state index in [1.807, 2.05) is 0 Å². The Morgan fingerprint density at radius 1 is 1.25 bits per heavy atom. The fourth-order valence-corrected chi connectivity index (χ4v) is 1.50. The second kappa shape index (κ2) is 6.01. The molecule has 0 saturated heterocycles. The minimum absolute atomic E-state index is 0.0689. The van der Waals surface area contributed by atoms with Crippen LogP contribution in [-0.4, -0.2) is 7.25 Å². The quantitative estimate of drug-likeness (QED) is 0.374. The Morgan fingerprint density at radius 3 is 2.00 bits per heavy atom. The molecule has 1 aromatic carbocycles. The molecular formula is C6H2BBrClF5N2. The van der Waals surface area contributed by atoms with Gasteiger partial charge in [0.1, 0.15) is 15.3 Å². The number of diazo groups is 1. The highest BCUT2D eigenvalue weighted by atomic mass is 79.9. The molecule has 0 amide bonds. The zero-order valence-corrected chi connectivity index (χ0v) is 9.61. The van der Waals surface area contributed by atoms with E-state index >= 15 is 0 Å². The van der Waals surface area contributed by atoms with Crippen LogP contribution < -0.4 is 0 Å². The smallest absolute Gasteiger partial charge is 0.418 e. The molecule has 0 aliphatic rings. The summed E-state index contributed by atoms with van der Waals surface area (Å²) >= 11 is 8.49. The lowest BCUT2D eigenvalue weighted by Gasteiger charge is -1.94. The van der Waals surface area contributed by atoms with Crippen molar-refractivity contribution < 1.29 is 21.7 Å². The summed E-state index contributed by atoms with van der Waals surface area (Å²) in [7, 11) is -6.00. The molecule has 0 aromatic heterocycles. The molecule has 0 fully saturated rings. The molecule has 0 heterocycles. The standard InChI is InChI=1S/C6H2BrClFN2.BF4/c7-4-1-3(9)2-5(8)6(4)11-10;2-1(3,4)5/h1-2H;/q+1;-1.